The normalized spacial score (nSPS) is 14.6. The van der Waals surface area contributed by atoms with E-state index in [1.807, 2.05) is 6.07 Å². The van der Waals surface area contributed by atoms with Gasteiger partial charge in [0.1, 0.15) is 5.82 Å². The van der Waals surface area contributed by atoms with Crippen LogP contribution in [0.4, 0.5) is 15.8 Å². The molecule has 3 rings (SSSR count). The van der Waals surface area contributed by atoms with Crippen molar-refractivity contribution in [3.63, 3.8) is 0 Å². The average Bonchev–Trinajstić information content (AvgIpc) is 2.58. The molecule has 0 atom stereocenters. The Morgan fingerprint density at radius 3 is 2.52 bits per heavy atom. The summed E-state index contributed by atoms with van der Waals surface area (Å²) in [6.07, 6.45) is 0. The first-order valence-electron chi connectivity index (χ1n) is 7.32. The van der Waals surface area contributed by atoms with Crippen LogP contribution >= 0.6 is 11.6 Å². The van der Waals surface area contributed by atoms with Gasteiger partial charge in [-0.05, 0) is 42.5 Å². The van der Waals surface area contributed by atoms with Crippen LogP contribution in [0.1, 0.15) is 10.4 Å². The van der Waals surface area contributed by atoms with E-state index in [0.29, 0.717) is 29.5 Å². The second-order valence-electron chi connectivity index (χ2n) is 5.22. The second kappa shape index (κ2) is 6.98. The van der Waals surface area contributed by atoms with E-state index in [4.69, 9.17) is 16.3 Å². The van der Waals surface area contributed by atoms with E-state index in [1.165, 1.54) is 24.3 Å². The van der Waals surface area contributed by atoms with Crippen molar-refractivity contribution in [3.05, 3.63) is 58.9 Å². The summed E-state index contributed by atoms with van der Waals surface area (Å²) in [7, 11) is 0. The summed E-state index contributed by atoms with van der Waals surface area (Å²) in [4.78, 5) is 14.5. The zero-order valence-corrected chi connectivity index (χ0v) is 13.1. The number of rotatable bonds is 3. The van der Waals surface area contributed by atoms with E-state index in [0.717, 1.165) is 18.8 Å². The maximum absolute atomic E-state index is 13.0. The predicted molar refractivity (Wildman–Crippen MR) is 88.8 cm³/mol. The summed E-state index contributed by atoms with van der Waals surface area (Å²) in [5, 5.41) is 3.47. The minimum absolute atomic E-state index is 0.290. The van der Waals surface area contributed by atoms with Crippen molar-refractivity contribution in [3.8, 4) is 0 Å². The van der Waals surface area contributed by atoms with Crippen molar-refractivity contribution in [2.24, 2.45) is 0 Å². The fourth-order valence-corrected chi connectivity index (χ4v) is 2.64. The monoisotopic (exact) mass is 334 g/mol. The number of carbonyl (C=O) groups is 1. The van der Waals surface area contributed by atoms with Gasteiger partial charge in [-0.25, -0.2) is 4.39 Å². The smallest absolute Gasteiger partial charge is 0.255 e. The molecular weight excluding hydrogens is 319 g/mol. The third-order valence-corrected chi connectivity index (χ3v) is 3.90. The van der Waals surface area contributed by atoms with Gasteiger partial charge in [0, 0.05) is 23.7 Å². The Balaban J connectivity index is 1.84. The van der Waals surface area contributed by atoms with E-state index >= 15 is 0 Å². The van der Waals surface area contributed by atoms with Crippen LogP contribution in [0.15, 0.2) is 42.5 Å². The molecule has 1 aliphatic heterocycles. The van der Waals surface area contributed by atoms with Gasteiger partial charge in [-0.1, -0.05) is 11.6 Å². The summed E-state index contributed by atoms with van der Waals surface area (Å²) in [5.41, 5.74) is 1.93. The quantitative estimate of drug-likeness (QED) is 0.933. The lowest BCUT2D eigenvalue weighted by Gasteiger charge is -2.30. The number of morpholine rings is 1. The van der Waals surface area contributed by atoms with Gasteiger partial charge in [-0.15, -0.1) is 0 Å². The zero-order chi connectivity index (χ0) is 16.2. The minimum atomic E-state index is -0.373. The molecule has 1 amide bonds. The summed E-state index contributed by atoms with van der Waals surface area (Å²) < 4.78 is 18.3. The van der Waals surface area contributed by atoms with Crippen molar-refractivity contribution >= 4 is 28.9 Å². The number of halogens is 2. The first kappa shape index (κ1) is 15.8. The molecule has 1 aliphatic rings. The van der Waals surface area contributed by atoms with E-state index in [2.05, 4.69) is 10.2 Å². The van der Waals surface area contributed by atoms with Crippen LogP contribution in [0.5, 0.6) is 0 Å². The zero-order valence-electron chi connectivity index (χ0n) is 12.4. The molecule has 1 saturated heterocycles. The lowest BCUT2D eigenvalue weighted by atomic mass is 10.2. The fourth-order valence-electron chi connectivity index (χ4n) is 2.47. The van der Waals surface area contributed by atoms with Gasteiger partial charge in [0.25, 0.3) is 5.91 Å². The highest BCUT2D eigenvalue weighted by molar-refractivity contribution is 6.31. The molecule has 0 unspecified atom stereocenters. The summed E-state index contributed by atoms with van der Waals surface area (Å²) in [6, 6.07) is 10.8. The van der Waals surface area contributed by atoms with Crippen LogP contribution in [-0.2, 0) is 4.74 Å². The average molecular weight is 335 g/mol. The van der Waals surface area contributed by atoms with Crippen LogP contribution in [0.25, 0.3) is 0 Å². The molecule has 0 aliphatic carbocycles. The molecule has 120 valence electrons. The topological polar surface area (TPSA) is 41.6 Å². The van der Waals surface area contributed by atoms with Crippen LogP contribution in [0, 0.1) is 5.82 Å². The number of carbonyl (C=O) groups excluding carboxylic acids is 1. The van der Waals surface area contributed by atoms with Crippen molar-refractivity contribution in [1.29, 1.82) is 0 Å². The Bertz CT molecular complexity index is 700. The Morgan fingerprint density at radius 2 is 1.83 bits per heavy atom. The largest absolute Gasteiger partial charge is 0.378 e. The molecule has 6 heteroatoms. The van der Waals surface area contributed by atoms with Crippen LogP contribution in [0.3, 0.4) is 0 Å². The molecule has 1 heterocycles. The van der Waals surface area contributed by atoms with Gasteiger partial charge in [0.15, 0.2) is 0 Å². The number of nitrogens with one attached hydrogen (secondary N) is 1. The molecule has 1 fully saturated rings. The second-order valence-corrected chi connectivity index (χ2v) is 5.66. The highest BCUT2D eigenvalue weighted by atomic mass is 35.5. The van der Waals surface area contributed by atoms with Gasteiger partial charge in [-0.3, -0.25) is 4.79 Å². The summed E-state index contributed by atoms with van der Waals surface area (Å²) in [6.45, 7) is 2.75. The molecular formula is C17H16ClFN2O2. The van der Waals surface area contributed by atoms with Crippen LogP contribution in [0.2, 0.25) is 5.02 Å². The minimum Gasteiger partial charge on any atom is -0.378 e. The van der Waals surface area contributed by atoms with Crippen molar-refractivity contribution in [2.75, 3.05) is 36.5 Å². The SMILES string of the molecule is O=C(Nc1ccc(Cl)cc1N1CCOCC1)c1ccc(F)cc1. The maximum atomic E-state index is 13.0. The van der Waals surface area contributed by atoms with Gasteiger partial charge in [0.2, 0.25) is 0 Å². The Kier molecular flexibility index (Phi) is 4.79. The molecule has 0 spiro atoms. The number of hydrogen-bond donors (Lipinski definition) is 1. The molecule has 0 radical (unpaired) electrons. The Labute approximate surface area is 138 Å². The molecule has 1 N–H and O–H groups in total. The highest BCUT2D eigenvalue weighted by Crippen LogP contribution is 2.30. The van der Waals surface area contributed by atoms with Gasteiger partial charge in [0.05, 0.1) is 24.6 Å². The number of benzene rings is 2. The number of ether oxygens (including phenoxy) is 1. The van der Waals surface area contributed by atoms with Crippen molar-refractivity contribution in [1.82, 2.24) is 0 Å². The standard InChI is InChI=1S/C17H16ClFN2O2/c18-13-3-6-15(16(11-13)21-7-9-23-10-8-21)20-17(22)12-1-4-14(19)5-2-12/h1-6,11H,7-10H2,(H,20,22). The number of nitrogens with zero attached hydrogens (tertiary/aromatic N) is 1. The molecule has 4 nitrogen and oxygen atoms in total. The van der Waals surface area contributed by atoms with E-state index < -0.39 is 0 Å². The molecule has 23 heavy (non-hydrogen) atoms. The number of amides is 1. The number of hydrogen-bond acceptors (Lipinski definition) is 3. The number of anilines is 2. The molecule has 0 bridgehead atoms. The summed E-state index contributed by atoms with van der Waals surface area (Å²) in [5.74, 6) is -0.663. The Hall–Kier alpha value is -2.11. The fraction of sp³-hybridized carbons (Fsp3) is 0.235. The van der Waals surface area contributed by atoms with Crippen LogP contribution < -0.4 is 10.2 Å². The third-order valence-electron chi connectivity index (χ3n) is 3.67. The molecule has 0 aromatic heterocycles. The molecule has 0 saturated carbocycles. The van der Waals surface area contributed by atoms with E-state index in [1.54, 1.807) is 12.1 Å². The first-order chi connectivity index (χ1) is 11.1. The maximum Gasteiger partial charge on any atom is 0.255 e. The summed E-state index contributed by atoms with van der Waals surface area (Å²) >= 11 is 6.09. The molecule has 2 aromatic carbocycles. The van der Waals surface area contributed by atoms with Gasteiger partial charge in [-0.2, -0.15) is 0 Å². The highest BCUT2D eigenvalue weighted by Gasteiger charge is 2.17. The first-order valence-corrected chi connectivity index (χ1v) is 7.70. The lowest BCUT2D eigenvalue weighted by Crippen LogP contribution is -2.36. The van der Waals surface area contributed by atoms with Gasteiger partial charge >= 0.3 is 0 Å². The van der Waals surface area contributed by atoms with Crippen molar-refractivity contribution < 1.29 is 13.9 Å². The van der Waals surface area contributed by atoms with E-state index in [9.17, 15) is 9.18 Å². The Morgan fingerprint density at radius 1 is 1.13 bits per heavy atom. The van der Waals surface area contributed by atoms with Gasteiger partial charge < -0.3 is 15.0 Å². The molecule has 2 aromatic rings. The van der Waals surface area contributed by atoms with Crippen molar-refractivity contribution in [2.45, 2.75) is 0 Å². The lowest BCUT2D eigenvalue weighted by molar-refractivity contribution is 0.102. The predicted octanol–water partition coefficient (Wildman–Crippen LogP) is 3.57. The third kappa shape index (κ3) is 3.81. The van der Waals surface area contributed by atoms with E-state index in [-0.39, 0.29) is 11.7 Å². The van der Waals surface area contributed by atoms with Crippen LogP contribution in [-0.4, -0.2) is 32.2 Å².